The molecule has 0 saturated carbocycles. The molecule has 0 radical (unpaired) electrons. The Hall–Kier alpha value is -3.42. The average molecular weight is 549 g/mol. The summed E-state index contributed by atoms with van der Waals surface area (Å²) >= 11 is 0. The largest absolute Gasteiger partial charge is 0.393 e. The van der Waals surface area contributed by atoms with E-state index in [0.717, 1.165) is 12.8 Å². The Kier molecular flexibility index (Phi) is 13.3. The minimum absolute atomic E-state index is 0.0100. The monoisotopic (exact) mass is 548 g/mol. The van der Waals surface area contributed by atoms with Crippen LogP contribution in [0.4, 0.5) is 0 Å². The first-order valence-corrected chi connectivity index (χ1v) is 14.8. The van der Waals surface area contributed by atoms with Crippen LogP contribution in [-0.4, -0.2) is 11.2 Å². The van der Waals surface area contributed by atoms with Crippen molar-refractivity contribution < 1.29 is 5.11 Å². The van der Waals surface area contributed by atoms with Crippen molar-refractivity contribution in [2.24, 2.45) is 5.41 Å². The highest BCUT2D eigenvalue weighted by Gasteiger charge is 2.31. The average Bonchev–Trinajstić information content (AvgIpc) is 2.88. The lowest BCUT2D eigenvalue weighted by atomic mass is 9.71. The molecule has 41 heavy (non-hydrogen) atoms. The zero-order valence-electron chi connectivity index (χ0n) is 27.2. The van der Waals surface area contributed by atoms with Gasteiger partial charge in [0.2, 0.25) is 0 Å². The van der Waals surface area contributed by atoms with Crippen LogP contribution in [0, 0.1) is 26.2 Å². The van der Waals surface area contributed by atoms with Gasteiger partial charge in [0.1, 0.15) is 0 Å². The number of aryl methyl sites for hydroxylation is 1. The lowest BCUT2D eigenvalue weighted by Gasteiger charge is -2.35. The van der Waals surface area contributed by atoms with E-state index in [4.69, 9.17) is 0 Å². The van der Waals surface area contributed by atoms with Crippen LogP contribution >= 0.6 is 0 Å². The first kappa shape index (κ1) is 33.8. The first-order valence-electron chi connectivity index (χ1n) is 14.8. The normalized spacial score (nSPS) is 19.8. The summed E-state index contributed by atoms with van der Waals surface area (Å²) in [7, 11) is 0. The van der Waals surface area contributed by atoms with Crippen LogP contribution in [0.5, 0.6) is 0 Å². The van der Waals surface area contributed by atoms with Crippen molar-refractivity contribution in [3.63, 3.8) is 0 Å². The van der Waals surface area contributed by atoms with E-state index in [2.05, 4.69) is 166 Å². The smallest absolute Gasteiger partial charge is 0.0585 e. The van der Waals surface area contributed by atoms with Crippen LogP contribution in [0.15, 0.2) is 125 Å². The van der Waals surface area contributed by atoms with E-state index in [1.807, 2.05) is 0 Å². The van der Waals surface area contributed by atoms with E-state index >= 15 is 0 Å². The van der Waals surface area contributed by atoms with E-state index in [9.17, 15) is 5.11 Å². The van der Waals surface area contributed by atoms with Crippen LogP contribution < -0.4 is 0 Å². The molecule has 218 valence electrons. The van der Waals surface area contributed by atoms with Crippen molar-refractivity contribution in [1.82, 2.24) is 0 Å². The molecular weight excluding hydrogens is 496 g/mol. The molecule has 0 saturated heterocycles. The van der Waals surface area contributed by atoms with Gasteiger partial charge in [-0.05, 0) is 101 Å². The van der Waals surface area contributed by atoms with Crippen LogP contribution in [0.3, 0.4) is 0 Å². The Morgan fingerprint density at radius 3 is 1.71 bits per heavy atom. The summed E-state index contributed by atoms with van der Waals surface area (Å²) in [6, 6.07) is 4.39. The molecule has 0 bridgehead atoms. The molecule has 0 spiro atoms. The molecule has 1 aliphatic carbocycles. The maximum absolute atomic E-state index is 10.1. The topological polar surface area (TPSA) is 20.2 Å². The predicted octanol–water partition coefficient (Wildman–Crippen LogP) is 11.1. The Balaban J connectivity index is 1.90. The zero-order valence-corrected chi connectivity index (χ0v) is 27.2. The molecule has 1 nitrogen and oxygen atoms in total. The van der Waals surface area contributed by atoms with E-state index in [0.29, 0.717) is 0 Å². The number of aliphatic hydroxyl groups is 1. The minimum atomic E-state index is -0.223. The van der Waals surface area contributed by atoms with Gasteiger partial charge >= 0.3 is 0 Å². The van der Waals surface area contributed by atoms with Crippen molar-refractivity contribution in [2.75, 3.05) is 0 Å². The zero-order chi connectivity index (χ0) is 30.6. The van der Waals surface area contributed by atoms with E-state index in [-0.39, 0.29) is 11.5 Å². The number of hydrogen-bond donors (Lipinski definition) is 1. The van der Waals surface area contributed by atoms with Gasteiger partial charge in [0.25, 0.3) is 0 Å². The van der Waals surface area contributed by atoms with Gasteiger partial charge in [0.05, 0.1) is 6.10 Å². The summed E-state index contributed by atoms with van der Waals surface area (Å²) in [5.41, 5.74) is 12.8. The summed E-state index contributed by atoms with van der Waals surface area (Å²) in [4.78, 5) is 0. The van der Waals surface area contributed by atoms with Crippen LogP contribution in [0.1, 0.15) is 83.6 Å². The molecule has 1 N–H and O–H groups in total. The minimum Gasteiger partial charge on any atom is -0.393 e. The highest BCUT2D eigenvalue weighted by Crippen LogP contribution is 2.41. The third-order valence-electron chi connectivity index (χ3n) is 7.88. The fourth-order valence-electron chi connectivity index (χ4n) is 5.11. The van der Waals surface area contributed by atoms with Crippen LogP contribution in [0.2, 0.25) is 0 Å². The van der Waals surface area contributed by atoms with Gasteiger partial charge in [-0.3, -0.25) is 0 Å². The lowest BCUT2D eigenvalue weighted by Crippen LogP contribution is -2.28. The number of allylic oxidation sites excluding steroid dienone is 18. The van der Waals surface area contributed by atoms with Gasteiger partial charge in [-0.15, -0.1) is 0 Å². The van der Waals surface area contributed by atoms with Crippen molar-refractivity contribution in [1.29, 1.82) is 0 Å². The quantitative estimate of drug-likeness (QED) is 0.288. The molecular formula is C40H52O. The van der Waals surface area contributed by atoms with E-state index in [1.54, 1.807) is 0 Å². The van der Waals surface area contributed by atoms with Gasteiger partial charge < -0.3 is 5.11 Å². The molecule has 1 atom stereocenters. The number of benzene rings is 1. The first-order chi connectivity index (χ1) is 19.3. The molecule has 1 aromatic carbocycles. The Labute approximate surface area is 251 Å². The molecule has 2 rings (SSSR count). The number of rotatable bonds is 10. The van der Waals surface area contributed by atoms with Gasteiger partial charge in [-0.25, -0.2) is 0 Å². The molecule has 0 heterocycles. The maximum atomic E-state index is 10.1. The Morgan fingerprint density at radius 2 is 1.17 bits per heavy atom. The predicted molar refractivity (Wildman–Crippen MR) is 183 cm³/mol. The summed E-state index contributed by atoms with van der Waals surface area (Å²) in [5.74, 6) is 0. The summed E-state index contributed by atoms with van der Waals surface area (Å²) < 4.78 is 0. The van der Waals surface area contributed by atoms with Crippen molar-refractivity contribution >= 4 is 6.08 Å². The number of hydrogen-bond acceptors (Lipinski definition) is 1. The molecule has 1 unspecified atom stereocenters. The highest BCUT2D eigenvalue weighted by molar-refractivity contribution is 5.59. The fraction of sp³-hybridized carbons (Fsp3) is 0.350. The van der Waals surface area contributed by atoms with Crippen LogP contribution in [-0.2, 0) is 0 Å². The second-order valence-corrected chi connectivity index (χ2v) is 12.3. The molecule has 1 heteroatoms. The van der Waals surface area contributed by atoms with E-state index < -0.39 is 0 Å². The van der Waals surface area contributed by atoms with Gasteiger partial charge in [-0.2, -0.15) is 0 Å². The standard InChI is InChI=1S/C40H52O/c1-29(17-13-19-31(3)21-24-37-25-23-33(5)35(7)36(37)8)15-11-12-16-30(2)18-14-20-32(4)22-26-39-34(6)27-38(41)28-40(39,9)10/h11-26,38,41H,27-28H2,1-10H3/b12-11+,17-13+,18-14?,24-21+,26-22?,29-15+,30-16?,31-19+,32-20?. The summed E-state index contributed by atoms with van der Waals surface area (Å²) in [6.45, 7) is 21.6. The third kappa shape index (κ3) is 11.5. The Morgan fingerprint density at radius 1 is 0.683 bits per heavy atom. The lowest BCUT2D eigenvalue weighted by molar-refractivity contribution is 0.116. The molecule has 0 aliphatic heterocycles. The van der Waals surface area contributed by atoms with Gasteiger partial charge in [0, 0.05) is 0 Å². The van der Waals surface area contributed by atoms with Crippen molar-refractivity contribution in [2.45, 2.75) is 88.2 Å². The number of aliphatic hydroxyl groups excluding tert-OH is 1. The van der Waals surface area contributed by atoms with Gasteiger partial charge in [0.15, 0.2) is 0 Å². The third-order valence-corrected chi connectivity index (χ3v) is 7.88. The second kappa shape index (κ2) is 16.1. The van der Waals surface area contributed by atoms with Crippen molar-refractivity contribution in [3.05, 3.63) is 147 Å². The van der Waals surface area contributed by atoms with Crippen molar-refractivity contribution in [3.8, 4) is 0 Å². The van der Waals surface area contributed by atoms with Crippen LogP contribution in [0.25, 0.3) is 6.08 Å². The highest BCUT2D eigenvalue weighted by atomic mass is 16.3. The molecule has 0 amide bonds. The SMILES string of the molecule is CC(C=CC1=C(C)CC(O)CC1(C)C)=CC=CC(C)=C/C=C/C=C(C)/C=C/C=C(C)/C=C/c1ccc(C)c(C)c1C. The molecule has 1 aliphatic rings. The second-order valence-electron chi connectivity index (χ2n) is 12.3. The summed E-state index contributed by atoms with van der Waals surface area (Å²) in [6.07, 6.45) is 31.3. The fourth-order valence-corrected chi connectivity index (χ4v) is 5.11. The molecule has 1 aromatic rings. The molecule has 0 fully saturated rings. The van der Waals surface area contributed by atoms with E-state index in [1.165, 1.54) is 55.7 Å². The summed E-state index contributed by atoms with van der Waals surface area (Å²) in [5, 5.41) is 10.1. The maximum Gasteiger partial charge on any atom is 0.0585 e. The Bertz CT molecular complexity index is 1370. The van der Waals surface area contributed by atoms with Gasteiger partial charge in [-0.1, -0.05) is 139 Å². The molecule has 0 aromatic heterocycles.